The Labute approximate surface area is 121 Å². The zero-order valence-corrected chi connectivity index (χ0v) is 12.8. The van der Waals surface area contributed by atoms with E-state index in [-0.39, 0.29) is 5.82 Å². The molecule has 0 saturated carbocycles. The normalized spacial score (nSPS) is 20.4. The third kappa shape index (κ3) is 3.70. The molecule has 2 rings (SSSR count). The van der Waals surface area contributed by atoms with Gasteiger partial charge in [0.1, 0.15) is 5.82 Å². The van der Waals surface area contributed by atoms with E-state index in [1.807, 2.05) is 6.07 Å². The topological polar surface area (TPSA) is 18.5 Å². The number of rotatable bonds is 5. The minimum absolute atomic E-state index is 0.149. The molecule has 0 radical (unpaired) electrons. The highest BCUT2D eigenvalue weighted by molar-refractivity contribution is 5.54. The number of hydrogen-bond acceptors (Lipinski definition) is 3. The first-order chi connectivity index (χ1) is 9.61. The maximum Gasteiger partial charge on any atom is 0.123 e. The van der Waals surface area contributed by atoms with Crippen LogP contribution in [0.1, 0.15) is 25.8 Å². The van der Waals surface area contributed by atoms with Crippen molar-refractivity contribution in [3.05, 3.63) is 29.6 Å². The lowest BCUT2D eigenvalue weighted by molar-refractivity contribution is 0.234. The number of nitrogens with one attached hydrogen (secondary N) is 1. The van der Waals surface area contributed by atoms with Gasteiger partial charge in [-0.2, -0.15) is 0 Å². The van der Waals surface area contributed by atoms with Crippen molar-refractivity contribution in [3.8, 4) is 0 Å². The van der Waals surface area contributed by atoms with Crippen LogP contribution in [-0.4, -0.2) is 44.2 Å². The smallest absolute Gasteiger partial charge is 0.123 e. The van der Waals surface area contributed by atoms with Crippen LogP contribution in [0.2, 0.25) is 0 Å². The van der Waals surface area contributed by atoms with Crippen molar-refractivity contribution < 1.29 is 4.39 Å². The summed E-state index contributed by atoms with van der Waals surface area (Å²) in [5.74, 6) is -0.149. The number of nitrogens with zero attached hydrogens (tertiary/aromatic N) is 2. The molecule has 1 aromatic carbocycles. The number of likely N-dealkylation sites (N-methyl/N-ethyl adjacent to an activating group) is 1. The SMILES string of the molecule is CCCNCc1cc(F)ccc1N1CCN(C)C(C)C1. The van der Waals surface area contributed by atoms with Gasteiger partial charge in [-0.05, 0) is 50.7 Å². The highest BCUT2D eigenvalue weighted by Crippen LogP contribution is 2.24. The third-order valence-electron chi connectivity index (χ3n) is 4.08. The molecule has 1 aliphatic rings. The minimum Gasteiger partial charge on any atom is -0.368 e. The van der Waals surface area contributed by atoms with E-state index in [1.165, 1.54) is 5.69 Å². The first-order valence-electron chi connectivity index (χ1n) is 7.56. The molecule has 1 heterocycles. The van der Waals surface area contributed by atoms with Gasteiger partial charge < -0.3 is 15.1 Å². The first-order valence-corrected chi connectivity index (χ1v) is 7.56. The van der Waals surface area contributed by atoms with Crippen molar-refractivity contribution in [1.29, 1.82) is 0 Å². The Hall–Kier alpha value is -1.13. The summed E-state index contributed by atoms with van der Waals surface area (Å²) in [7, 11) is 2.16. The molecule has 112 valence electrons. The van der Waals surface area contributed by atoms with Gasteiger partial charge in [-0.25, -0.2) is 4.39 Å². The molecule has 0 aromatic heterocycles. The van der Waals surface area contributed by atoms with Crippen molar-refractivity contribution in [2.24, 2.45) is 0 Å². The monoisotopic (exact) mass is 279 g/mol. The van der Waals surface area contributed by atoms with Crippen LogP contribution in [0.25, 0.3) is 0 Å². The summed E-state index contributed by atoms with van der Waals surface area (Å²) in [4.78, 5) is 4.75. The summed E-state index contributed by atoms with van der Waals surface area (Å²) in [5, 5.41) is 3.37. The summed E-state index contributed by atoms with van der Waals surface area (Å²) in [6, 6.07) is 5.70. The van der Waals surface area contributed by atoms with Gasteiger partial charge in [0.05, 0.1) is 0 Å². The molecular formula is C16H26FN3. The van der Waals surface area contributed by atoms with E-state index in [2.05, 4.69) is 36.0 Å². The lowest BCUT2D eigenvalue weighted by atomic mass is 10.1. The summed E-state index contributed by atoms with van der Waals surface area (Å²) >= 11 is 0. The standard InChI is InChI=1S/C16H26FN3/c1-4-7-18-11-14-10-15(17)5-6-16(14)20-9-8-19(3)13(2)12-20/h5-6,10,13,18H,4,7-9,11-12H2,1-3H3. The van der Waals surface area contributed by atoms with E-state index in [9.17, 15) is 4.39 Å². The highest BCUT2D eigenvalue weighted by Gasteiger charge is 2.22. The zero-order chi connectivity index (χ0) is 14.5. The van der Waals surface area contributed by atoms with Crippen LogP contribution >= 0.6 is 0 Å². The Morgan fingerprint density at radius 2 is 2.15 bits per heavy atom. The molecule has 1 saturated heterocycles. The number of piperazine rings is 1. The molecule has 1 fully saturated rings. The van der Waals surface area contributed by atoms with Crippen molar-refractivity contribution in [2.45, 2.75) is 32.9 Å². The quantitative estimate of drug-likeness (QED) is 0.835. The molecule has 20 heavy (non-hydrogen) atoms. The third-order valence-corrected chi connectivity index (χ3v) is 4.08. The number of benzene rings is 1. The maximum absolute atomic E-state index is 13.5. The van der Waals surface area contributed by atoms with Crippen molar-refractivity contribution in [1.82, 2.24) is 10.2 Å². The Morgan fingerprint density at radius 3 is 2.85 bits per heavy atom. The van der Waals surface area contributed by atoms with E-state index >= 15 is 0 Å². The zero-order valence-electron chi connectivity index (χ0n) is 12.8. The van der Waals surface area contributed by atoms with Crippen LogP contribution in [0.3, 0.4) is 0 Å². The van der Waals surface area contributed by atoms with E-state index < -0.39 is 0 Å². The summed E-state index contributed by atoms with van der Waals surface area (Å²) in [6.07, 6.45) is 1.09. The van der Waals surface area contributed by atoms with Crippen molar-refractivity contribution >= 4 is 5.69 Å². The molecule has 1 atom stereocenters. The van der Waals surface area contributed by atoms with Gasteiger partial charge in [0.15, 0.2) is 0 Å². The Bertz CT molecular complexity index is 436. The maximum atomic E-state index is 13.5. The van der Waals surface area contributed by atoms with Crippen LogP contribution in [0.15, 0.2) is 18.2 Å². The summed E-state index contributed by atoms with van der Waals surface area (Å²) < 4.78 is 13.5. The van der Waals surface area contributed by atoms with Crippen molar-refractivity contribution in [2.75, 3.05) is 38.1 Å². The van der Waals surface area contributed by atoms with Gasteiger partial charge >= 0.3 is 0 Å². The summed E-state index contributed by atoms with van der Waals surface area (Å²) in [6.45, 7) is 9.15. The largest absolute Gasteiger partial charge is 0.368 e. The second kappa shape index (κ2) is 7.04. The second-order valence-electron chi connectivity index (χ2n) is 5.73. The molecule has 0 amide bonds. The predicted molar refractivity (Wildman–Crippen MR) is 82.7 cm³/mol. The van der Waals surface area contributed by atoms with Gasteiger partial charge in [0.25, 0.3) is 0 Å². The fourth-order valence-electron chi connectivity index (χ4n) is 2.67. The molecule has 1 unspecified atom stereocenters. The highest BCUT2D eigenvalue weighted by atomic mass is 19.1. The van der Waals surface area contributed by atoms with Gasteiger partial charge in [0, 0.05) is 37.9 Å². The lowest BCUT2D eigenvalue weighted by Crippen LogP contribution is -2.50. The van der Waals surface area contributed by atoms with E-state index in [4.69, 9.17) is 0 Å². The Balaban J connectivity index is 2.13. The molecule has 3 nitrogen and oxygen atoms in total. The van der Waals surface area contributed by atoms with Crippen LogP contribution in [-0.2, 0) is 6.54 Å². The minimum atomic E-state index is -0.149. The lowest BCUT2D eigenvalue weighted by Gasteiger charge is -2.39. The van der Waals surface area contributed by atoms with Gasteiger partial charge in [-0.3, -0.25) is 0 Å². The second-order valence-corrected chi connectivity index (χ2v) is 5.73. The first kappa shape index (κ1) is 15.3. The molecule has 1 aromatic rings. The van der Waals surface area contributed by atoms with Crippen LogP contribution < -0.4 is 10.2 Å². The molecular weight excluding hydrogens is 253 g/mol. The molecule has 0 aliphatic carbocycles. The van der Waals surface area contributed by atoms with E-state index in [0.29, 0.717) is 6.04 Å². The number of anilines is 1. The van der Waals surface area contributed by atoms with Gasteiger partial charge in [-0.15, -0.1) is 0 Å². The average Bonchev–Trinajstić information content (AvgIpc) is 2.43. The molecule has 0 spiro atoms. The fourth-order valence-corrected chi connectivity index (χ4v) is 2.67. The molecule has 1 aliphatic heterocycles. The number of halogens is 1. The van der Waals surface area contributed by atoms with E-state index in [1.54, 1.807) is 12.1 Å². The van der Waals surface area contributed by atoms with Crippen molar-refractivity contribution in [3.63, 3.8) is 0 Å². The van der Waals surface area contributed by atoms with E-state index in [0.717, 1.165) is 44.7 Å². The molecule has 1 N–H and O–H groups in total. The molecule has 0 bridgehead atoms. The Kier molecular flexibility index (Phi) is 5.38. The fraction of sp³-hybridized carbons (Fsp3) is 0.625. The Morgan fingerprint density at radius 1 is 1.35 bits per heavy atom. The average molecular weight is 279 g/mol. The van der Waals surface area contributed by atoms with Crippen LogP contribution in [0, 0.1) is 5.82 Å². The summed E-state index contributed by atoms with van der Waals surface area (Å²) in [5.41, 5.74) is 2.24. The van der Waals surface area contributed by atoms with Crippen LogP contribution in [0.5, 0.6) is 0 Å². The predicted octanol–water partition coefficient (Wildman–Crippen LogP) is 2.47. The molecule has 4 heteroatoms. The van der Waals surface area contributed by atoms with Crippen LogP contribution in [0.4, 0.5) is 10.1 Å². The number of hydrogen-bond donors (Lipinski definition) is 1. The van der Waals surface area contributed by atoms with Gasteiger partial charge in [0.2, 0.25) is 0 Å². The van der Waals surface area contributed by atoms with Gasteiger partial charge in [-0.1, -0.05) is 6.92 Å².